The van der Waals surface area contributed by atoms with Crippen molar-refractivity contribution >= 4 is 22.3 Å². The third-order valence-corrected chi connectivity index (χ3v) is 4.88. The largest absolute Gasteiger partial charge is 0.383 e. The van der Waals surface area contributed by atoms with E-state index in [1.165, 1.54) is 11.7 Å². The highest BCUT2D eigenvalue weighted by molar-refractivity contribution is 7.85. The number of aromatic nitrogens is 2. The number of hydrogen-bond donors (Lipinski definition) is 3. The predicted molar refractivity (Wildman–Crippen MR) is 82.1 cm³/mol. The summed E-state index contributed by atoms with van der Waals surface area (Å²) in [5.41, 5.74) is 5.05. The Labute approximate surface area is 124 Å². The van der Waals surface area contributed by atoms with Gasteiger partial charge in [0.25, 0.3) is 5.56 Å². The number of hydrogen-bond acceptors (Lipinski definition) is 6. The van der Waals surface area contributed by atoms with Gasteiger partial charge in [-0.05, 0) is 12.8 Å². The first-order valence-corrected chi connectivity index (χ1v) is 8.24. The van der Waals surface area contributed by atoms with Crippen molar-refractivity contribution in [3.05, 3.63) is 20.8 Å². The molecule has 0 spiro atoms. The summed E-state index contributed by atoms with van der Waals surface area (Å²) in [6, 6.07) is 0.0412. The molecule has 1 aromatic rings. The number of rotatable bonds is 5. The normalized spacial score (nSPS) is 22.1. The second kappa shape index (κ2) is 6.90. The van der Waals surface area contributed by atoms with Crippen molar-refractivity contribution in [2.45, 2.75) is 25.4 Å². The van der Waals surface area contributed by atoms with Gasteiger partial charge in [0.2, 0.25) is 0 Å². The predicted octanol–water partition coefficient (Wildman–Crippen LogP) is -0.912. The molecule has 118 valence electrons. The minimum atomic E-state index is -0.771. The SMILES string of the molecule is COCCn1c(N)c(NC2CCS(=O)CC2)c(=O)[nH]c1=O. The Morgan fingerprint density at radius 2 is 2.10 bits per heavy atom. The molecule has 1 aliphatic rings. The number of methoxy groups -OCH3 is 1. The Balaban J connectivity index is 2.24. The molecule has 2 heterocycles. The van der Waals surface area contributed by atoms with Crippen molar-refractivity contribution in [1.29, 1.82) is 0 Å². The molecule has 0 atom stereocenters. The van der Waals surface area contributed by atoms with Gasteiger partial charge in [0.05, 0.1) is 13.2 Å². The fraction of sp³-hybridized carbons (Fsp3) is 0.667. The molecule has 0 bridgehead atoms. The van der Waals surface area contributed by atoms with Crippen LogP contribution in [0.1, 0.15) is 12.8 Å². The summed E-state index contributed by atoms with van der Waals surface area (Å²) in [7, 11) is 0.751. The van der Waals surface area contributed by atoms with Crippen molar-refractivity contribution < 1.29 is 8.95 Å². The molecule has 0 saturated carbocycles. The zero-order valence-corrected chi connectivity index (χ0v) is 12.7. The summed E-state index contributed by atoms with van der Waals surface area (Å²) in [5.74, 6) is 1.32. The highest BCUT2D eigenvalue weighted by Crippen LogP contribution is 2.17. The third kappa shape index (κ3) is 3.73. The molecular formula is C12H20N4O4S. The maximum absolute atomic E-state index is 11.9. The number of nitrogens with zero attached hydrogens (tertiary/aromatic N) is 1. The molecule has 21 heavy (non-hydrogen) atoms. The first-order valence-electron chi connectivity index (χ1n) is 6.76. The molecule has 0 unspecified atom stereocenters. The lowest BCUT2D eigenvalue weighted by atomic mass is 10.1. The maximum atomic E-state index is 11.9. The zero-order valence-electron chi connectivity index (χ0n) is 11.9. The second-order valence-corrected chi connectivity index (χ2v) is 6.63. The molecule has 0 aliphatic carbocycles. The van der Waals surface area contributed by atoms with E-state index in [-0.39, 0.29) is 24.1 Å². The van der Waals surface area contributed by atoms with E-state index in [1.54, 1.807) is 0 Å². The number of ether oxygens (including phenoxy) is 1. The number of nitrogen functional groups attached to an aromatic ring is 1. The number of nitrogens with one attached hydrogen (secondary N) is 2. The van der Waals surface area contributed by atoms with Crippen LogP contribution in [-0.2, 0) is 22.1 Å². The van der Waals surface area contributed by atoms with Gasteiger partial charge in [-0.15, -0.1) is 0 Å². The second-order valence-electron chi connectivity index (χ2n) is 4.93. The van der Waals surface area contributed by atoms with Gasteiger partial charge in [0.1, 0.15) is 11.5 Å². The summed E-state index contributed by atoms with van der Waals surface area (Å²) < 4.78 is 17.5. The van der Waals surface area contributed by atoms with Crippen molar-refractivity contribution in [2.24, 2.45) is 0 Å². The van der Waals surface area contributed by atoms with E-state index >= 15 is 0 Å². The van der Waals surface area contributed by atoms with E-state index in [1.807, 2.05) is 0 Å². The molecule has 1 fully saturated rings. The molecule has 0 radical (unpaired) electrons. The number of H-pyrrole nitrogens is 1. The number of anilines is 2. The lowest BCUT2D eigenvalue weighted by molar-refractivity contribution is 0.186. The van der Waals surface area contributed by atoms with Gasteiger partial charge >= 0.3 is 5.69 Å². The van der Waals surface area contributed by atoms with Crippen molar-refractivity contribution in [2.75, 3.05) is 36.3 Å². The molecule has 2 rings (SSSR count). The smallest absolute Gasteiger partial charge is 0.330 e. The fourth-order valence-corrected chi connectivity index (χ4v) is 3.57. The highest BCUT2D eigenvalue weighted by atomic mass is 32.2. The minimum absolute atomic E-state index is 0.0412. The summed E-state index contributed by atoms with van der Waals surface area (Å²) in [4.78, 5) is 25.9. The molecule has 4 N–H and O–H groups in total. The van der Waals surface area contributed by atoms with Crippen LogP contribution >= 0.6 is 0 Å². The monoisotopic (exact) mass is 316 g/mol. The van der Waals surface area contributed by atoms with Gasteiger partial charge in [0, 0.05) is 35.5 Å². The first kappa shape index (κ1) is 15.8. The van der Waals surface area contributed by atoms with Crippen LogP contribution in [0.5, 0.6) is 0 Å². The number of nitrogens with two attached hydrogens (primary N) is 1. The number of aromatic amines is 1. The van der Waals surface area contributed by atoms with Crippen LogP contribution < -0.4 is 22.3 Å². The van der Waals surface area contributed by atoms with Gasteiger partial charge in [0.15, 0.2) is 0 Å². The molecule has 9 heteroatoms. The molecule has 8 nitrogen and oxygen atoms in total. The van der Waals surface area contributed by atoms with Gasteiger partial charge in [-0.2, -0.15) is 0 Å². The van der Waals surface area contributed by atoms with E-state index in [9.17, 15) is 13.8 Å². The van der Waals surface area contributed by atoms with Crippen LogP contribution in [0, 0.1) is 0 Å². The van der Waals surface area contributed by atoms with E-state index in [0.717, 1.165) is 0 Å². The van der Waals surface area contributed by atoms with Crippen LogP contribution in [-0.4, -0.2) is 45.0 Å². The molecular weight excluding hydrogens is 296 g/mol. The Kier molecular flexibility index (Phi) is 5.18. The molecule has 0 aromatic carbocycles. The van der Waals surface area contributed by atoms with Gasteiger partial charge in [-0.1, -0.05) is 0 Å². The minimum Gasteiger partial charge on any atom is -0.383 e. The zero-order chi connectivity index (χ0) is 15.4. The lowest BCUT2D eigenvalue weighted by Crippen LogP contribution is -2.38. The fourth-order valence-electron chi connectivity index (χ4n) is 2.27. The van der Waals surface area contributed by atoms with Crippen LogP contribution in [0.4, 0.5) is 11.5 Å². The van der Waals surface area contributed by atoms with Crippen LogP contribution in [0.25, 0.3) is 0 Å². The highest BCUT2D eigenvalue weighted by Gasteiger charge is 2.21. The Hall–Kier alpha value is -1.61. The summed E-state index contributed by atoms with van der Waals surface area (Å²) in [5, 5.41) is 3.08. The van der Waals surface area contributed by atoms with Crippen LogP contribution in [0.3, 0.4) is 0 Å². The molecule has 1 aromatic heterocycles. The molecule has 1 saturated heterocycles. The Morgan fingerprint density at radius 3 is 2.71 bits per heavy atom. The quantitative estimate of drug-likeness (QED) is 0.647. The van der Waals surface area contributed by atoms with E-state index in [2.05, 4.69) is 10.3 Å². The van der Waals surface area contributed by atoms with E-state index in [4.69, 9.17) is 10.5 Å². The lowest BCUT2D eigenvalue weighted by Gasteiger charge is -2.24. The Bertz CT molecular complexity index is 629. The van der Waals surface area contributed by atoms with Crippen molar-refractivity contribution in [1.82, 2.24) is 9.55 Å². The van der Waals surface area contributed by atoms with E-state index < -0.39 is 22.0 Å². The summed E-state index contributed by atoms with van der Waals surface area (Å²) in [6.07, 6.45) is 1.42. The summed E-state index contributed by atoms with van der Waals surface area (Å²) in [6.45, 7) is 0.583. The van der Waals surface area contributed by atoms with E-state index in [0.29, 0.717) is 31.0 Å². The maximum Gasteiger partial charge on any atom is 0.330 e. The average molecular weight is 316 g/mol. The first-order chi connectivity index (χ1) is 10.0. The van der Waals surface area contributed by atoms with Gasteiger partial charge in [-0.3, -0.25) is 18.6 Å². The van der Waals surface area contributed by atoms with Crippen molar-refractivity contribution in [3.63, 3.8) is 0 Å². The molecule has 1 aliphatic heterocycles. The standard InChI is InChI=1S/C12H20N4O4S/c1-20-5-4-16-10(13)9(11(17)15-12(16)18)14-8-2-6-21(19)7-3-8/h8,14H,2-7,13H2,1H3,(H,15,17,18). The van der Waals surface area contributed by atoms with Crippen LogP contribution in [0.15, 0.2) is 9.59 Å². The topological polar surface area (TPSA) is 119 Å². The molecule has 0 amide bonds. The third-order valence-electron chi connectivity index (χ3n) is 3.50. The van der Waals surface area contributed by atoms with Gasteiger partial charge in [-0.25, -0.2) is 4.79 Å². The van der Waals surface area contributed by atoms with Crippen LogP contribution in [0.2, 0.25) is 0 Å². The average Bonchev–Trinajstić information content (AvgIpc) is 2.45. The van der Waals surface area contributed by atoms with Crippen molar-refractivity contribution in [3.8, 4) is 0 Å². The van der Waals surface area contributed by atoms with Gasteiger partial charge < -0.3 is 15.8 Å². The summed E-state index contributed by atoms with van der Waals surface area (Å²) >= 11 is 0. The Morgan fingerprint density at radius 1 is 1.43 bits per heavy atom.